The molecule has 1 aliphatic carbocycles. The van der Waals surface area contributed by atoms with Gasteiger partial charge < -0.3 is 5.32 Å². The van der Waals surface area contributed by atoms with Crippen molar-refractivity contribution >= 4 is 5.91 Å². The van der Waals surface area contributed by atoms with E-state index < -0.39 is 0 Å². The molecule has 0 aromatic heterocycles. The van der Waals surface area contributed by atoms with Crippen molar-refractivity contribution < 1.29 is 4.79 Å². The molecule has 0 fully saturated rings. The largest absolute Gasteiger partial charge is 0.323 e. The Balaban J connectivity index is 0.000000791. The first kappa shape index (κ1) is 12.7. The molecule has 0 saturated heterocycles. The lowest BCUT2D eigenvalue weighted by atomic mass is 10.1. The molecule has 0 aromatic rings. The van der Waals surface area contributed by atoms with Gasteiger partial charge in [0.25, 0.3) is 0 Å². The zero-order valence-corrected chi connectivity index (χ0v) is 9.21. The number of rotatable bonds is 2. The van der Waals surface area contributed by atoms with E-state index in [-0.39, 0.29) is 5.91 Å². The fraction of sp³-hybridized carbons (Fsp3) is 0.417. The summed E-state index contributed by atoms with van der Waals surface area (Å²) in [7, 11) is 0. The van der Waals surface area contributed by atoms with Crippen molar-refractivity contribution in [3.8, 4) is 0 Å². The maximum atomic E-state index is 11.0. The van der Waals surface area contributed by atoms with E-state index in [1.807, 2.05) is 32.9 Å². The van der Waals surface area contributed by atoms with E-state index in [4.69, 9.17) is 0 Å². The molecule has 0 radical (unpaired) electrons. The summed E-state index contributed by atoms with van der Waals surface area (Å²) in [6.45, 7) is 5.82. The van der Waals surface area contributed by atoms with E-state index in [1.54, 1.807) is 6.08 Å². The molecule has 1 rings (SSSR count). The van der Waals surface area contributed by atoms with E-state index in [2.05, 4.69) is 11.4 Å². The van der Waals surface area contributed by atoms with E-state index >= 15 is 0 Å². The Hall–Kier alpha value is -1.31. The van der Waals surface area contributed by atoms with Crippen molar-refractivity contribution in [3.63, 3.8) is 0 Å². The van der Waals surface area contributed by atoms with Crippen LogP contribution < -0.4 is 5.32 Å². The zero-order valence-electron chi connectivity index (χ0n) is 9.21. The van der Waals surface area contributed by atoms with Gasteiger partial charge in [-0.15, -0.1) is 0 Å². The molecule has 0 aliphatic heterocycles. The Labute approximate surface area is 86.4 Å². The number of carbonyl (C=O) groups excluding carboxylic acids is 1. The molecule has 14 heavy (non-hydrogen) atoms. The Bertz CT molecular complexity index is 249. The van der Waals surface area contributed by atoms with Gasteiger partial charge in [0.15, 0.2) is 0 Å². The van der Waals surface area contributed by atoms with Crippen molar-refractivity contribution in [2.75, 3.05) is 0 Å². The normalized spacial score (nSPS) is 14.4. The first-order valence-electron chi connectivity index (χ1n) is 5.13. The highest BCUT2D eigenvalue weighted by Gasteiger charge is 1.99. The van der Waals surface area contributed by atoms with Crippen molar-refractivity contribution in [2.45, 2.75) is 33.6 Å². The van der Waals surface area contributed by atoms with E-state index in [1.165, 1.54) is 6.08 Å². The van der Waals surface area contributed by atoms with Crippen LogP contribution in [0.2, 0.25) is 0 Å². The van der Waals surface area contributed by atoms with Gasteiger partial charge in [0.2, 0.25) is 5.91 Å². The van der Waals surface area contributed by atoms with Crippen molar-refractivity contribution in [1.29, 1.82) is 0 Å². The maximum Gasteiger partial charge on any atom is 0.248 e. The Morgan fingerprint density at radius 1 is 1.43 bits per heavy atom. The Kier molecular flexibility index (Phi) is 7.52. The molecule has 2 heteroatoms. The highest BCUT2D eigenvalue weighted by Crippen LogP contribution is 2.06. The van der Waals surface area contributed by atoms with Gasteiger partial charge in [-0.05, 0) is 31.9 Å². The molecule has 0 unspecified atom stereocenters. The molecular formula is C12H19NO. The molecule has 0 atom stereocenters. The van der Waals surface area contributed by atoms with Gasteiger partial charge >= 0.3 is 0 Å². The molecule has 2 nitrogen and oxygen atoms in total. The van der Waals surface area contributed by atoms with Crippen LogP contribution in [0.5, 0.6) is 0 Å². The monoisotopic (exact) mass is 193 g/mol. The van der Waals surface area contributed by atoms with Gasteiger partial charge in [0.1, 0.15) is 0 Å². The number of hydrogen-bond donors (Lipinski definition) is 1. The SMILES string of the molecule is C/C=C\C(=O)NC1=CCCC=C1.CC. The third-order valence-electron chi connectivity index (χ3n) is 1.58. The summed E-state index contributed by atoms with van der Waals surface area (Å²) in [6.07, 6.45) is 11.4. The second-order valence-electron chi connectivity index (χ2n) is 2.63. The quantitative estimate of drug-likeness (QED) is 0.671. The van der Waals surface area contributed by atoms with Gasteiger partial charge in [0, 0.05) is 5.70 Å². The summed E-state index contributed by atoms with van der Waals surface area (Å²) in [5, 5.41) is 2.77. The number of carbonyl (C=O) groups is 1. The number of allylic oxidation sites excluding steroid dienone is 4. The van der Waals surface area contributed by atoms with Crippen molar-refractivity contribution in [1.82, 2.24) is 5.32 Å². The molecule has 78 valence electrons. The average Bonchev–Trinajstić information content (AvgIpc) is 2.22. The predicted octanol–water partition coefficient (Wildman–Crippen LogP) is 2.94. The van der Waals surface area contributed by atoms with Crippen LogP contribution in [-0.4, -0.2) is 5.91 Å². The highest BCUT2D eigenvalue weighted by atomic mass is 16.1. The zero-order chi connectivity index (χ0) is 10.8. The molecule has 1 N–H and O–H groups in total. The Morgan fingerprint density at radius 3 is 2.64 bits per heavy atom. The third-order valence-corrected chi connectivity index (χ3v) is 1.58. The maximum absolute atomic E-state index is 11.0. The van der Waals surface area contributed by atoms with Gasteiger partial charge in [-0.1, -0.05) is 32.1 Å². The second kappa shape index (κ2) is 8.30. The van der Waals surface area contributed by atoms with Crippen LogP contribution in [0.15, 0.2) is 36.1 Å². The summed E-state index contributed by atoms with van der Waals surface area (Å²) < 4.78 is 0. The summed E-state index contributed by atoms with van der Waals surface area (Å²) in [5.74, 6) is -0.0599. The predicted molar refractivity (Wildman–Crippen MR) is 60.8 cm³/mol. The van der Waals surface area contributed by atoms with Crippen LogP contribution >= 0.6 is 0 Å². The number of hydrogen-bond acceptors (Lipinski definition) is 1. The lowest BCUT2D eigenvalue weighted by Crippen LogP contribution is -2.19. The van der Waals surface area contributed by atoms with Crippen molar-refractivity contribution in [2.24, 2.45) is 0 Å². The van der Waals surface area contributed by atoms with Crippen molar-refractivity contribution in [3.05, 3.63) is 36.1 Å². The fourth-order valence-electron chi connectivity index (χ4n) is 1.04. The molecule has 0 aromatic carbocycles. The molecule has 0 spiro atoms. The Morgan fingerprint density at radius 2 is 2.14 bits per heavy atom. The minimum absolute atomic E-state index is 0.0599. The van der Waals surface area contributed by atoms with Crippen LogP contribution in [0, 0.1) is 0 Å². The van der Waals surface area contributed by atoms with Crippen LogP contribution in [0.4, 0.5) is 0 Å². The van der Waals surface area contributed by atoms with E-state index in [0.717, 1.165) is 18.5 Å². The van der Waals surface area contributed by atoms with Gasteiger partial charge in [-0.3, -0.25) is 4.79 Å². The van der Waals surface area contributed by atoms with Crippen LogP contribution in [-0.2, 0) is 4.79 Å². The first-order chi connectivity index (χ1) is 6.83. The smallest absolute Gasteiger partial charge is 0.248 e. The summed E-state index contributed by atoms with van der Waals surface area (Å²) in [5.41, 5.74) is 0.907. The molecule has 0 bridgehead atoms. The minimum Gasteiger partial charge on any atom is -0.323 e. The number of amides is 1. The lowest BCUT2D eigenvalue weighted by molar-refractivity contribution is -0.115. The van der Waals surface area contributed by atoms with Crippen LogP contribution in [0.3, 0.4) is 0 Å². The summed E-state index contributed by atoms with van der Waals surface area (Å²) in [4.78, 5) is 11.0. The highest BCUT2D eigenvalue weighted by molar-refractivity contribution is 5.89. The summed E-state index contributed by atoms with van der Waals surface area (Å²) >= 11 is 0. The second-order valence-corrected chi connectivity index (χ2v) is 2.63. The molecule has 1 aliphatic rings. The summed E-state index contributed by atoms with van der Waals surface area (Å²) in [6, 6.07) is 0. The van der Waals surface area contributed by atoms with Gasteiger partial charge in [-0.25, -0.2) is 0 Å². The third kappa shape index (κ3) is 5.36. The molecular weight excluding hydrogens is 174 g/mol. The van der Waals surface area contributed by atoms with Gasteiger partial charge in [0.05, 0.1) is 0 Å². The average molecular weight is 193 g/mol. The molecule has 1 amide bonds. The minimum atomic E-state index is -0.0599. The number of nitrogens with one attached hydrogen (secondary N) is 1. The van der Waals surface area contributed by atoms with E-state index in [9.17, 15) is 4.79 Å². The standard InChI is InChI=1S/C10H13NO.C2H6/c1-2-6-10(12)11-9-7-4-3-5-8-9;1-2/h2,4,6-8H,3,5H2,1H3,(H,11,12);1-2H3/b6-2-;. The molecule has 0 heterocycles. The van der Waals surface area contributed by atoms with Crippen LogP contribution in [0.1, 0.15) is 33.6 Å². The fourth-order valence-corrected chi connectivity index (χ4v) is 1.04. The van der Waals surface area contributed by atoms with Gasteiger partial charge in [-0.2, -0.15) is 0 Å². The lowest BCUT2D eigenvalue weighted by Gasteiger charge is -2.06. The molecule has 0 saturated carbocycles. The topological polar surface area (TPSA) is 29.1 Å². The van der Waals surface area contributed by atoms with E-state index in [0.29, 0.717) is 0 Å². The van der Waals surface area contributed by atoms with Crippen LogP contribution in [0.25, 0.3) is 0 Å². The first-order valence-corrected chi connectivity index (χ1v) is 5.13.